The average molecular weight is 475 g/mol. The Kier molecular flexibility index (Phi) is 6.34. The van der Waals surface area contributed by atoms with E-state index in [1.54, 1.807) is 25.4 Å². The molecule has 30 heavy (non-hydrogen) atoms. The van der Waals surface area contributed by atoms with Crippen molar-refractivity contribution in [1.29, 1.82) is 0 Å². The summed E-state index contributed by atoms with van der Waals surface area (Å²) < 4.78 is 26.6. The van der Waals surface area contributed by atoms with Crippen molar-refractivity contribution in [3.05, 3.63) is 46.8 Å². The van der Waals surface area contributed by atoms with Crippen LogP contribution in [-0.4, -0.2) is 36.3 Å². The summed E-state index contributed by atoms with van der Waals surface area (Å²) in [6, 6.07) is 8.50. The number of piperidine rings is 1. The van der Waals surface area contributed by atoms with Gasteiger partial charge in [-0.3, -0.25) is 0 Å². The molecule has 0 radical (unpaired) electrons. The van der Waals surface area contributed by atoms with Crippen LogP contribution in [0.2, 0.25) is 0 Å². The van der Waals surface area contributed by atoms with Crippen LogP contribution in [0.1, 0.15) is 19.8 Å². The van der Waals surface area contributed by atoms with Crippen LogP contribution in [0.15, 0.2) is 41.0 Å². The third-order valence-corrected chi connectivity index (χ3v) is 5.90. The van der Waals surface area contributed by atoms with Crippen LogP contribution in [-0.2, 0) is 0 Å². The van der Waals surface area contributed by atoms with Crippen molar-refractivity contribution >= 4 is 38.5 Å². The van der Waals surface area contributed by atoms with Crippen molar-refractivity contribution in [2.75, 3.05) is 25.5 Å². The van der Waals surface area contributed by atoms with Gasteiger partial charge >= 0.3 is 0 Å². The van der Waals surface area contributed by atoms with Crippen molar-refractivity contribution in [2.24, 2.45) is 5.92 Å². The van der Waals surface area contributed by atoms with Crippen molar-refractivity contribution in [2.45, 2.75) is 25.9 Å². The van der Waals surface area contributed by atoms with Gasteiger partial charge in [-0.2, -0.15) is 0 Å². The number of hydrogen-bond acceptors (Lipinski definition) is 6. The Labute approximate surface area is 183 Å². The maximum atomic E-state index is 14.1. The van der Waals surface area contributed by atoms with Crippen LogP contribution in [0.3, 0.4) is 0 Å². The molecule has 1 saturated heterocycles. The van der Waals surface area contributed by atoms with Crippen molar-refractivity contribution in [3.8, 4) is 11.5 Å². The molecule has 2 N–H and O–H groups in total. The standard InChI is InChI=1S/C22H24BrFN4O2/c1-13(14-5-7-25-8-6-14)30-21-11-19-15(9-20(21)29-2)12-26-22(28-19)27-18-4-3-16(23)10-17(18)24/h3-4,9-14,25H,5-8H2,1-2H3,(H,26,27,28). The van der Waals surface area contributed by atoms with Crippen molar-refractivity contribution < 1.29 is 13.9 Å². The highest BCUT2D eigenvalue weighted by molar-refractivity contribution is 9.10. The van der Waals surface area contributed by atoms with Crippen LogP contribution >= 0.6 is 15.9 Å². The molecular weight excluding hydrogens is 451 g/mol. The summed E-state index contributed by atoms with van der Waals surface area (Å²) in [6.45, 7) is 4.13. The number of methoxy groups -OCH3 is 1. The van der Waals surface area contributed by atoms with Gasteiger partial charge in [-0.05, 0) is 63.0 Å². The van der Waals surface area contributed by atoms with Gasteiger partial charge in [0.2, 0.25) is 5.95 Å². The van der Waals surface area contributed by atoms with Crippen LogP contribution in [0.4, 0.5) is 16.0 Å². The minimum atomic E-state index is -0.386. The van der Waals surface area contributed by atoms with Crippen molar-refractivity contribution in [1.82, 2.24) is 15.3 Å². The zero-order valence-electron chi connectivity index (χ0n) is 16.9. The van der Waals surface area contributed by atoms with E-state index < -0.39 is 0 Å². The Hall–Kier alpha value is -2.45. The van der Waals surface area contributed by atoms with E-state index >= 15 is 0 Å². The minimum Gasteiger partial charge on any atom is -0.493 e. The molecule has 2 aromatic carbocycles. The highest BCUT2D eigenvalue weighted by Crippen LogP contribution is 2.34. The zero-order valence-corrected chi connectivity index (χ0v) is 18.5. The number of fused-ring (bicyclic) bond motifs is 1. The number of ether oxygens (including phenoxy) is 2. The third-order valence-electron chi connectivity index (χ3n) is 5.40. The SMILES string of the molecule is COc1cc2cnc(Nc3ccc(Br)cc3F)nc2cc1OC(C)C1CCNCC1. The van der Waals surface area contributed by atoms with Crippen LogP contribution in [0.5, 0.6) is 11.5 Å². The van der Waals surface area contributed by atoms with E-state index in [4.69, 9.17) is 9.47 Å². The number of nitrogens with zero attached hydrogens (tertiary/aromatic N) is 2. The van der Waals surface area contributed by atoms with Gasteiger partial charge in [0.25, 0.3) is 0 Å². The lowest BCUT2D eigenvalue weighted by Crippen LogP contribution is -2.35. The van der Waals surface area contributed by atoms with Gasteiger partial charge in [0.1, 0.15) is 5.82 Å². The smallest absolute Gasteiger partial charge is 0.227 e. The molecule has 1 unspecified atom stereocenters. The topological polar surface area (TPSA) is 68.3 Å². The zero-order chi connectivity index (χ0) is 21.1. The quantitative estimate of drug-likeness (QED) is 0.520. The van der Waals surface area contributed by atoms with Crippen LogP contribution < -0.4 is 20.1 Å². The maximum absolute atomic E-state index is 14.1. The molecule has 6 nitrogen and oxygen atoms in total. The molecule has 1 aliphatic heterocycles. The maximum Gasteiger partial charge on any atom is 0.227 e. The molecule has 1 aliphatic rings. The number of hydrogen-bond donors (Lipinski definition) is 2. The van der Waals surface area contributed by atoms with E-state index in [9.17, 15) is 4.39 Å². The van der Waals surface area contributed by atoms with Gasteiger partial charge in [-0.1, -0.05) is 15.9 Å². The molecule has 3 aromatic rings. The van der Waals surface area contributed by atoms with Crippen LogP contribution in [0, 0.1) is 11.7 Å². The second-order valence-corrected chi connectivity index (χ2v) is 8.33. The van der Waals surface area contributed by atoms with Crippen LogP contribution in [0.25, 0.3) is 10.9 Å². The second kappa shape index (κ2) is 9.14. The first kappa shape index (κ1) is 20.8. The summed E-state index contributed by atoms with van der Waals surface area (Å²) in [4.78, 5) is 8.84. The lowest BCUT2D eigenvalue weighted by molar-refractivity contribution is 0.124. The lowest BCUT2D eigenvalue weighted by Gasteiger charge is -2.29. The number of halogens is 2. The van der Waals surface area contributed by atoms with E-state index in [1.165, 1.54) is 6.07 Å². The second-order valence-electron chi connectivity index (χ2n) is 7.42. The highest BCUT2D eigenvalue weighted by atomic mass is 79.9. The molecule has 1 fully saturated rings. The molecule has 0 aliphatic carbocycles. The van der Waals surface area contributed by atoms with Gasteiger partial charge in [-0.15, -0.1) is 0 Å². The Balaban J connectivity index is 1.60. The van der Waals surface area contributed by atoms with Gasteiger partial charge in [0.15, 0.2) is 11.5 Å². The number of aromatic nitrogens is 2. The molecular formula is C22H24BrFN4O2. The number of nitrogens with one attached hydrogen (secondary N) is 2. The van der Waals surface area contributed by atoms with E-state index in [1.807, 2.05) is 12.1 Å². The average Bonchev–Trinajstić information content (AvgIpc) is 2.75. The Morgan fingerprint density at radius 1 is 1.20 bits per heavy atom. The minimum absolute atomic E-state index is 0.0646. The summed E-state index contributed by atoms with van der Waals surface area (Å²) in [7, 11) is 1.62. The predicted molar refractivity (Wildman–Crippen MR) is 119 cm³/mol. The molecule has 0 saturated carbocycles. The Morgan fingerprint density at radius 3 is 2.73 bits per heavy atom. The van der Waals surface area contributed by atoms with Gasteiger partial charge in [0.05, 0.1) is 24.4 Å². The fourth-order valence-electron chi connectivity index (χ4n) is 3.67. The fraction of sp³-hybridized carbons (Fsp3) is 0.364. The molecule has 158 valence electrons. The lowest BCUT2D eigenvalue weighted by atomic mass is 9.93. The summed E-state index contributed by atoms with van der Waals surface area (Å²) in [5.41, 5.74) is 1.00. The number of anilines is 2. The van der Waals surface area contributed by atoms with Gasteiger partial charge in [0, 0.05) is 22.1 Å². The first-order valence-corrected chi connectivity index (χ1v) is 10.8. The third kappa shape index (κ3) is 4.65. The number of rotatable bonds is 6. The van der Waals surface area contributed by atoms with Crippen molar-refractivity contribution in [3.63, 3.8) is 0 Å². The molecule has 2 heterocycles. The monoisotopic (exact) mass is 474 g/mol. The predicted octanol–water partition coefficient (Wildman–Crippen LogP) is 5.05. The van der Waals surface area contributed by atoms with E-state index in [2.05, 4.69) is 43.5 Å². The van der Waals surface area contributed by atoms with E-state index in [0.29, 0.717) is 39.0 Å². The normalized spacial score (nSPS) is 15.7. The molecule has 1 atom stereocenters. The first-order chi connectivity index (χ1) is 14.5. The number of benzene rings is 2. The molecule has 1 aromatic heterocycles. The highest BCUT2D eigenvalue weighted by Gasteiger charge is 2.22. The summed E-state index contributed by atoms with van der Waals surface area (Å²) in [6.07, 6.45) is 3.93. The van der Waals surface area contributed by atoms with Gasteiger partial charge < -0.3 is 20.1 Å². The molecule has 0 spiro atoms. The van der Waals surface area contributed by atoms with E-state index in [-0.39, 0.29) is 11.9 Å². The first-order valence-electron chi connectivity index (χ1n) is 9.97. The molecule has 4 rings (SSSR count). The molecule has 8 heteroatoms. The Morgan fingerprint density at radius 2 is 2.00 bits per heavy atom. The summed E-state index contributed by atoms with van der Waals surface area (Å²) in [5.74, 6) is 1.71. The summed E-state index contributed by atoms with van der Waals surface area (Å²) >= 11 is 3.26. The molecule has 0 bridgehead atoms. The largest absolute Gasteiger partial charge is 0.493 e. The van der Waals surface area contributed by atoms with E-state index in [0.717, 1.165) is 31.3 Å². The summed E-state index contributed by atoms with van der Waals surface area (Å²) in [5, 5.41) is 7.13. The molecule has 0 amide bonds. The van der Waals surface area contributed by atoms with Gasteiger partial charge in [-0.25, -0.2) is 14.4 Å². The Bertz CT molecular complexity index is 1040. The fourth-order valence-corrected chi connectivity index (χ4v) is 4.01.